The number of nitrogens with zero attached hydrogens (tertiary/aromatic N) is 7. The molecule has 0 spiro atoms. The van der Waals surface area contributed by atoms with E-state index in [0.717, 1.165) is 23.4 Å². The van der Waals surface area contributed by atoms with Crippen LogP contribution >= 0.6 is 0 Å². The fourth-order valence-electron chi connectivity index (χ4n) is 5.82. The Hall–Kier alpha value is -5.56. The fourth-order valence-corrected chi connectivity index (χ4v) is 5.82. The number of imidazole rings is 1. The smallest absolute Gasteiger partial charge is 0.335 e. The molecule has 7 rings (SSSR count). The van der Waals surface area contributed by atoms with Gasteiger partial charge < -0.3 is 19.1 Å². The Morgan fingerprint density at radius 3 is 2.60 bits per heavy atom. The van der Waals surface area contributed by atoms with Crippen LogP contribution in [0.15, 0.2) is 79.3 Å². The highest BCUT2D eigenvalue weighted by atomic mass is 19.1. The molecule has 0 aliphatic carbocycles. The van der Waals surface area contributed by atoms with Crippen molar-refractivity contribution in [3.8, 4) is 23.0 Å². The van der Waals surface area contributed by atoms with Gasteiger partial charge in [-0.25, -0.2) is 28.2 Å². The maximum absolute atomic E-state index is 15.7. The Labute approximate surface area is 267 Å². The lowest BCUT2D eigenvalue weighted by atomic mass is 9.87. The van der Waals surface area contributed by atoms with E-state index in [0.29, 0.717) is 30.1 Å². The zero-order valence-electron chi connectivity index (χ0n) is 25.5. The van der Waals surface area contributed by atoms with E-state index in [1.807, 2.05) is 42.7 Å². The molecule has 1 atom stereocenters. The molecule has 47 heavy (non-hydrogen) atoms. The number of aromatic nitrogens is 7. The summed E-state index contributed by atoms with van der Waals surface area (Å²) in [6.07, 6.45) is 4.73. The predicted molar refractivity (Wildman–Crippen MR) is 166 cm³/mol. The topological polar surface area (TPSA) is 130 Å². The first-order chi connectivity index (χ1) is 22.7. The maximum Gasteiger partial charge on any atom is 0.335 e. The van der Waals surface area contributed by atoms with Gasteiger partial charge in [-0.3, -0.25) is 0 Å². The van der Waals surface area contributed by atoms with Crippen LogP contribution in [0.5, 0.6) is 6.01 Å². The first-order valence-electron chi connectivity index (χ1n) is 14.9. The van der Waals surface area contributed by atoms with Crippen LogP contribution in [-0.4, -0.2) is 58.8 Å². The quantitative estimate of drug-likeness (QED) is 0.209. The molecule has 6 aromatic rings. The molecule has 0 unspecified atom stereocenters. The Kier molecular flexibility index (Phi) is 7.68. The number of hydrogen-bond acceptors (Lipinski definition) is 8. The van der Waals surface area contributed by atoms with Crippen LogP contribution in [0.1, 0.15) is 47.2 Å². The molecule has 1 aliphatic rings. The van der Waals surface area contributed by atoms with Crippen LogP contribution in [0.2, 0.25) is 0 Å². The van der Waals surface area contributed by atoms with Crippen LogP contribution in [0.25, 0.3) is 28.0 Å². The summed E-state index contributed by atoms with van der Waals surface area (Å²) in [6, 6.07) is 15.7. The second kappa shape index (κ2) is 12.0. The van der Waals surface area contributed by atoms with Gasteiger partial charge in [-0.2, -0.15) is 4.98 Å². The molecule has 0 amide bonds. The van der Waals surface area contributed by atoms with Crippen LogP contribution in [0.4, 0.5) is 8.78 Å². The monoisotopic (exact) mass is 637 g/mol. The van der Waals surface area contributed by atoms with E-state index >= 15 is 8.78 Å². The number of halogens is 2. The Morgan fingerprint density at radius 2 is 1.87 bits per heavy atom. The van der Waals surface area contributed by atoms with Gasteiger partial charge in [-0.05, 0) is 59.7 Å². The molecule has 3 aromatic heterocycles. The van der Waals surface area contributed by atoms with Gasteiger partial charge in [-0.15, -0.1) is 5.10 Å². The highest BCUT2D eigenvalue weighted by Gasteiger charge is 2.39. The third kappa shape index (κ3) is 5.92. The number of carboxylic acid groups (broad SMARTS) is 1. The summed E-state index contributed by atoms with van der Waals surface area (Å²) >= 11 is 0. The lowest BCUT2D eigenvalue weighted by Crippen LogP contribution is -2.27. The average molecular weight is 638 g/mol. The van der Waals surface area contributed by atoms with Gasteiger partial charge in [0.25, 0.3) is 0 Å². The molecule has 13 heteroatoms. The molecule has 11 nitrogen and oxygen atoms in total. The molecule has 0 saturated carbocycles. The van der Waals surface area contributed by atoms with Gasteiger partial charge in [0.15, 0.2) is 0 Å². The summed E-state index contributed by atoms with van der Waals surface area (Å²) in [5.41, 5.74) is 2.87. The SMILES string of the molecule is CC1(C)COC[C@H]1n1c(Cc2cc(F)c(-c3ccnc(OCc4ccc(-n5ccnn5)cc4)n3)cc2F)nc2ccc(C(=O)O)cc21. The molecule has 3 aromatic carbocycles. The van der Waals surface area contributed by atoms with Crippen molar-refractivity contribution in [1.82, 2.24) is 34.5 Å². The zero-order chi connectivity index (χ0) is 32.7. The molecule has 1 fully saturated rings. The van der Waals surface area contributed by atoms with Crippen molar-refractivity contribution in [1.29, 1.82) is 0 Å². The van der Waals surface area contributed by atoms with Crippen molar-refractivity contribution in [3.05, 3.63) is 113 Å². The highest BCUT2D eigenvalue weighted by molar-refractivity contribution is 5.92. The van der Waals surface area contributed by atoms with Crippen LogP contribution in [-0.2, 0) is 17.8 Å². The van der Waals surface area contributed by atoms with Crippen molar-refractivity contribution < 1.29 is 28.2 Å². The minimum Gasteiger partial charge on any atom is -0.478 e. The highest BCUT2D eigenvalue weighted by Crippen LogP contribution is 2.40. The maximum atomic E-state index is 15.7. The van der Waals surface area contributed by atoms with E-state index in [1.165, 1.54) is 18.3 Å². The third-order valence-electron chi connectivity index (χ3n) is 8.36. The van der Waals surface area contributed by atoms with Crippen molar-refractivity contribution >= 4 is 17.0 Å². The molecule has 1 N–H and O–H groups in total. The number of hydrogen-bond donors (Lipinski definition) is 1. The Bertz CT molecular complexity index is 2100. The number of fused-ring (bicyclic) bond motifs is 1. The molecular formula is C34H29F2N7O4. The molecule has 0 radical (unpaired) electrons. The second-order valence-electron chi connectivity index (χ2n) is 12.1. The van der Waals surface area contributed by atoms with E-state index in [1.54, 1.807) is 29.2 Å². The Morgan fingerprint density at radius 1 is 1.04 bits per heavy atom. The number of carboxylic acids is 1. The first kappa shape index (κ1) is 30.1. The van der Waals surface area contributed by atoms with Crippen molar-refractivity contribution in [2.24, 2.45) is 5.41 Å². The van der Waals surface area contributed by atoms with E-state index in [4.69, 9.17) is 14.5 Å². The number of aromatic carboxylic acids is 1. The van der Waals surface area contributed by atoms with Gasteiger partial charge in [0.1, 0.15) is 24.1 Å². The van der Waals surface area contributed by atoms with Crippen LogP contribution in [0, 0.1) is 17.0 Å². The summed E-state index contributed by atoms with van der Waals surface area (Å²) in [5, 5.41) is 17.4. The largest absolute Gasteiger partial charge is 0.478 e. The summed E-state index contributed by atoms with van der Waals surface area (Å²) in [7, 11) is 0. The molecule has 238 valence electrons. The standard InChI is InChI=1S/C34H29F2N7O4/c1-34(2)19-46-18-30(34)43-29-14-21(32(44)45)5-8-28(29)39-31(43)15-22-13-26(36)24(16-25(22)35)27-9-10-37-33(40-27)47-17-20-3-6-23(7-4-20)42-12-11-38-41-42/h3-14,16,30H,15,17-19H2,1-2H3,(H,44,45)/t30-/m1/s1. The average Bonchev–Trinajstić information content (AvgIpc) is 3.80. The van der Waals surface area contributed by atoms with Gasteiger partial charge in [0, 0.05) is 23.6 Å². The van der Waals surface area contributed by atoms with Gasteiger partial charge >= 0.3 is 12.0 Å². The van der Waals surface area contributed by atoms with E-state index in [-0.39, 0.29) is 52.9 Å². The Balaban J connectivity index is 1.14. The van der Waals surface area contributed by atoms with Gasteiger partial charge in [0.2, 0.25) is 0 Å². The number of rotatable bonds is 9. The molecular weight excluding hydrogens is 608 g/mol. The molecule has 1 saturated heterocycles. The van der Waals surface area contributed by atoms with Crippen LogP contribution < -0.4 is 4.74 Å². The lowest BCUT2D eigenvalue weighted by Gasteiger charge is -2.28. The third-order valence-corrected chi connectivity index (χ3v) is 8.36. The van der Waals surface area contributed by atoms with Gasteiger partial charge in [-0.1, -0.05) is 31.2 Å². The van der Waals surface area contributed by atoms with Crippen molar-refractivity contribution in [2.45, 2.75) is 32.9 Å². The minimum atomic E-state index is -1.07. The molecule has 4 heterocycles. The summed E-state index contributed by atoms with van der Waals surface area (Å²) in [6.45, 7) is 5.13. The van der Waals surface area contributed by atoms with Crippen LogP contribution in [0.3, 0.4) is 0 Å². The van der Waals surface area contributed by atoms with E-state index in [2.05, 4.69) is 20.3 Å². The summed E-state index contributed by atoms with van der Waals surface area (Å²) < 4.78 is 46.4. The molecule has 1 aliphatic heterocycles. The van der Waals surface area contributed by atoms with Crippen molar-refractivity contribution in [3.63, 3.8) is 0 Å². The van der Waals surface area contributed by atoms with E-state index < -0.39 is 17.6 Å². The number of carbonyl (C=O) groups is 1. The minimum absolute atomic E-state index is 0.0163. The number of benzene rings is 3. The summed E-state index contributed by atoms with van der Waals surface area (Å²) in [5.74, 6) is -1.90. The van der Waals surface area contributed by atoms with Gasteiger partial charge in [0.05, 0.1) is 59.6 Å². The number of ether oxygens (including phenoxy) is 2. The molecule has 0 bridgehead atoms. The zero-order valence-corrected chi connectivity index (χ0v) is 25.5. The lowest BCUT2D eigenvalue weighted by molar-refractivity contribution is 0.0697. The van der Waals surface area contributed by atoms with E-state index in [9.17, 15) is 9.90 Å². The predicted octanol–water partition coefficient (Wildman–Crippen LogP) is 5.82. The first-order valence-corrected chi connectivity index (χ1v) is 14.9. The summed E-state index contributed by atoms with van der Waals surface area (Å²) in [4.78, 5) is 24.9. The second-order valence-corrected chi connectivity index (χ2v) is 12.1. The van der Waals surface area contributed by atoms with Crippen molar-refractivity contribution in [2.75, 3.05) is 13.2 Å². The normalized spacial score (nSPS) is 15.7. The fraction of sp³-hybridized carbons (Fsp3) is 0.235.